The first-order valence-electron chi connectivity index (χ1n) is 9.52. The SMILES string of the molecule is CC1=NC(NC(=O)c2ccc(C)cc2)N(C(C)C)c2c1ccn2C(C)(C)C. The fourth-order valence-corrected chi connectivity index (χ4v) is 3.48. The second-order valence-electron chi connectivity index (χ2n) is 8.52. The highest BCUT2D eigenvalue weighted by Gasteiger charge is 2.34. The largest absolute Gasteiger partial charge is 0.329 e. The third-order valence-electron chi connectivity index (χ3n) is 4.93. The summed E-state index contributed by atoms with van der Waals surface area (Å²) < 4.78 is 2.27. The van der Waals surface area contributed by atoms with E-state index in [0.717, 1.165) is 22.7 Å². The molecule has 144 valence electrons. The molecular weight excluding hydrogens is 336 g/mol. The zero-order chi connectivity index (χ0) is 19.9. The number of amides is 1. The van der Waals surface area contributed by atoms with E-state index in [1.165, 1.54) is 0 Å². The maximum absolute atomic E-state index is 12.8. The van der Waals surface area contributed by atoms with Crippen molar-refractivity contribution in [2.24, 2.45) is 4.99 Å². The Bertz CT molecular complexity index is 869. The normalized spacial score (nSPS) is 17.0. The summed E-state index contributed by atoms with van der Waals surface area (Å²) in [6.45, 7) is 14.8. The van der Waals surface area contributed by atoms with Gasteiger partial charge in [0.25, 0.3) is 5.91 Å². The Morgan fingerprint density at radius 1 is 1.11 bits per heavy atom. The monoisotopic (exact) mass is 366 g/mol. The maximum atomic E-state index is 12.8. The molecule has 0 bridgehead atoms. The number of aryl methyl sites for hydroxylation is 1. The van der Waals surface area contributed by atoms with Crippen molar-refractivity contribution in [1.29, 1.82) is 0 Å². The van der Waals surface area contributed by atoms with Crippen molar-refractivity contribution in [3.63, 3.8) is 0 Å². The van der Waals surface area contributed by atoms with Gasteiger partial charge in [-0.05, 0) is 66.7 Å². The zero-order valence-electron chi connectivity index (χ0n) is 17.4. The molecule has 0 spiro atoms. The number of aliphatic imine (C=N–C) groups is 1. The van der Waals surface area contributed by atoms with Gasteiger partial charge in [0.1, 0.15) is 5.82 Å². The molecule has 1 aromatic heterocycles. The first-order valence-corrected chi connectivity index (χ1v) is 9.52. The highest BCUT2D eigenvalue weighted by molar-refractivity contribution is 6.05. The van der Waals surface area contributed by atoms with Gasteiger partial charge >= 0.3 is 0 Å². The smallest absolute Gasteiger partial charge is 0.254 e. The number of rotatable bonds is 3. The summed E-state index contributed by atoms with van der Waals surface area (Å²) in [6, 6.07) is 9.91. The second kappa shape index (κ2) is 6.87. The summed E-state index contributed by atoms with van der Waals surface area (Å²) in [5.74, 6) is 0.999. The van der Waals surface area contributed by atoms with E-state index < -0.39 is 6.29 Å². The Morgan fingerprint density at radius 3 is 2.30 bits per heavy atom. The van der Waals surface area contributed by atoms with Crippen LogP contribution in [0.5, 0.6) is 0 Å². The van der Waals surface area contributed by atoms with Crippen LogP contribution in [0, 0.1) is 6.92 Å². The summed E-state index contributed by atoms with van der Waals surface area (Å²) in [4.78, 5) is 19.8. The average molecular weight is 367 g/mol. The lowest BCUT2D eigenvalue weighted by Gasteiger charge is -2.41. The molecule has 5 nitrogen and oxygen atoms in total. The van der Waals surface area contributed by atoms with Crippen LogP contribution < -0.4 is 10.2 Å². The van der Waals surface area contributed by atoms with Crippen molar-refractivity contribution in [3.8, 4) is 0 Å². The maximum Gasteiger partial charge on any atom is 0.254 e. The van der Waals surface area contributed by atoms with Gasteiger partial charge in [-0.2, -0.15) is 0 Å². The van der Waals surface area contributed by atoms with Crippen LogP contribution in [0.25, 0.3) is 0 Å². The van der Waals surface area contributed by atoms with Crippen molar-refractivity contribution in [3.05, 3.63) is 53.2 Å². The fourth-order valence-electron chi connectivity index (χ4n) is 3.48. The second-order valence-corrected chi connectivity index (χ2v) is 8.52. The summed E-state index contributed by atoms with van der Waals surface area (Å²) in [7, 11) is 0. The summed E-state index contributed by atoms with van der Waals surface area (Å²) in [6.07, 6.45) is 1.69. The van der Waals surface area contributed by atoms with Crippen LogP contribution in [-0.4, -0.2) is 28.5 Å². The van der Waals surface area contributed by atoms with Crippen LogP contribution in [0.3, 0.4) is 0 Å². The molecule has 1 aliphatic heterocycles. The number of benzene rings is 1. The number of nitrogens with one attached hydrogen (secondary N) is 1. The van der Waals surface area contributed by atoms with E-state index in [4.69, 9.17) is 4.99 Å². The first-order chi connectivity index (χ1) is 12.6. The molecule has 1 aromatic carbocycles. The number of fused-ring (bicyclic) bond motifs is 1. The van der Waals surface area contributed by atoms with Crippen LogP contribution in [0.15, 0.2) is 41.5 Å². The molecule has 1 atom stereocenters. The van der Waals surface area contributed by atoms with E-state index >= 15 is 0 Å². The van der Waals surface area contributed by atoms with Gasteiger partial charge in [0.2, 0.25) is 6.29 Å². The molecule has 0 saturated carbocycles. The van der Waals surface area contributed by atoms with E-state index in [1.54, 1.807) is 0 Å². The molecule has 0 aliphatic carbocycles. The van der Waals surface area contributed by atoms with Crippen molar-refractivity contribution in [2.75, 3.05) is 4.90 Å². The van der Waals surface area contributed by atoms with E-state index in [9.17, 15) is 4.79 Å². The highest BCUT2D eigenvalue weighted by Crippen LogP contribution is 2.35. The molecule has 3 rings (SSSR count). The highest BCUT2D eigenvalue weighted by atomic mass is 16.2. The van der Waals surface area contributed by atoms with E-state index in [0.29, 0.717) is 5.56 Å². The Kier molecular flexibility index (Phi) is 4.89. The number of carbonyl (C=O) groups excluding carboxylic acids is 1. The lowest BCUT2D eigenvalue weighted by atomic mass is 10.1. The van der Waals surface area contributed by atoms with E-state index in [1.807, 2.05) is 38.1 Å². The molecule has 1 amide bonds. The Labute approximate surface area is 162 Å². The number of nitrogens with zero attached hydrogens (tertiary/aromatic N) is 3. The Balaban J connectivity index is 1.99. The quantitative estimate of drug-likeness (QED) is 0.880. The number of carbonyl (C=O) groups is 1. The lowest BCUT2D eigenvalue weighted by Crippen LogP contribution is -2.53. The van der Waals surface area contributed by atoms with Gasteiger partial charge < -0.3 is 14.8 Å². The lowest BCUT2D eigenvalue weighted by molar-refractivity contribution is 0.0935. The molecule has 1 N–H and O–H groups in total. The van der Waals surface area contributed by atoms with Gasteiger partial charge in [0.05, 0.1) is 0 Å². The predicted octanol–water partition coefficient (Wildman–Crippen LogP) is 4.30. The molecule has 27 heavy (non-hydrogen) atoms. The summed E-state index contributed by atoms with van der Waals surface area (Å²) >= 11 is 0. The van der Waals surface area contributed by atoms with Crippen molar-refractivity contribution in [1.82, 2.24) is 9.88 Å². The molecule has 0 radical (unpaired) electrons. The molecule has 2 heterocycles. The van der Waals surface area contributed by atoms with Gasteiger partial charge in [0.15, 0.2) is 0 Å². The molecule has 5 heteroatoms. The van der Waals surface area contributed by atoms with Crippen LogP contribution in [0.1, 0.15) is 63.0 Å². The van der Waals surface area contributed by atoms with Gasteiger partial charge in [-0.1, -0.05) is 17.7 Å². The minimum atomic E-state index is -0.428. The average Bonchev–Trinajstić information content (AvgIpc) is 3.00. The minimum absolute atomic E-state index is 0.0656. The van der Waals surface area contributed by atoms with E-state index in [-0.39, 0.29) is 17.5 Å². The number of hydrogen-bond acceptors (Lipinski definition) is 3. The fraction of sp³-hybridized carbons (Fsp3) is 0.455. The molecule has 1 unspecified atom stereocenters. The number of hydrogen-bond donors (Lipinski definition) is 1. The van der Waals surface area contributed by atoms with Crippen molar-refractivity contribution < 1.29 is 4.79 Å². The first kappa shape index (κ1) is 19.2. The standard InChI is InChI=1S/C22H30N4O/c1-14(2)26-20-18(12-13-25(20)22(5,6)7)16(4)23-21(26)24-19(27)17-10-8-15(3)9-11-17/h8-14,21H,1-7H3,(H,24,27). The topological polar surface area (TPSA) is 49.6 Å². The van der Waals surface area contributed by atoms with Crippen LogP contribution >= 0.6 is 0 Å². The third-order valence-corrected chi connectivity index (χ3v) is 4.93. The zero-order valence-corrected chi connectivity index (χ0v) is 17.4. The molecule has 0 fully saturated rings. The minimum Gasteiger partial charge on any atom is -0.329 e. The van der Waals surface area contributed by atoms with Gasteiger partial charge in [-0.25, -0.2) is 4.99 Å². The molecule has 1 aliphatic rings. The van der Waals surface area contributed by atoms with Gasteiger partial charge in [-0.3, -0.25) is 4.79 Å². The number of anilines is 1. The summed E-state index contributed by atoms with van der Waals surface area (Å²) in [5.41, 5.74) is 3.78. The van der Waals surface area contributed by atoms with Crippen molar-refractivity contribution >= 4 is 17.4 Å². The van der Waals surface area contributed by atoms with Crippen LogP contribution in [0.2, 0.25) is 0 Å². The molecule has 0 saturated heterocycles. The van der Waals surface area contributed by atoms with Crippen LogP contribution in [-0.2, 0) is 5.54 Å². The predicted molar refractivity (Wildman–Crippen MR) is 112 cm³/mol. The van der Waals surface area contributed by atoms with Crippen LogP contribution in [0.4, 0.5) is 5.82 Å². The van der Waals surface area contributed by atoms with Crippen molar-refractivity contribution in [2.45, 2.75) is 66.3 Å². The van der Waals surface area contributed by atoms with E-state index in [2.05, 4.69) is 61.7 Å². The molecule has 2 aromatic rings. The third kappa shape index (κ3) is 3.64. The Morgan fingerprint density at radius 2 is 1.74 bits per heavy atom. The summed E-state index contributed by atoms with van der Waals surface area (Å²) in [5, 5.41) is 3.11. The van der Waals surface area contributed by atoms with Gasteiger partial charge in [-0.15, -0.1) is 0 Å². The Hall–Kier alpha value is -2.56. The molecular formula is C22H30N4O. The van der Waals surface area contributed by atoms with Gasteiger partial charge in [0, 0.05) is 34.6 Å². The number of aromatic nitrogens is 1.